The van der Waals surface area contributed by atoms with Gasteiger partial charge in [-0.3, -0.25) is 14.6 Å². The van der Waals surface area contributed by atoms with Gasteiger partial charge in [-0.2, -0.15) is 0 Å². The molecule has 1 rings (SSSR count). The average molecular weight is 292 g/mol. The van der Waals surface area contributed by atoms with E-state index in [0.717, 1.165) is 24.8 Å². The first-order valence-electron chi connectivity index (χ1n) is 7.44. The smallest absolute Gasteiger partial charge is 0.303 e. The fourth-order valence-electron chi connectivity index (χ4n) is 2.34. The summed E-state index contributed by atoms with van der Waals surface area (Å²) in [6.45, 7) is 4.55. The van der Waals surface area contributed by atoms with Crippen molar-refractivity contribution in [2.75, 3.05) is 6.54 Å². The van der Waals surface area contributed by atoms with Crippen LogP contribution in [0.4, 0.5) is 0 Å². The van der Waals surface area contributed by atoms with Gasteiger partial charge in [-0.05, 0) is 37.3 Å². The average Bonchev–Trinajstić information content (AvgIpc) is 2.44. The molecule has 0 aliphatic rings. The summed E-state index contributed by atoms with van der Waals surface area (Å²) in [5, 5.41) is 11.6. The predicted octanol–water partition coefficient (Wildman–Crippen LogP) is 2.79. The second kappa shape index (κ2) is 9.10. The molecule has 0 radical (unpaired) electrons. The van der Waals surface area contributed by atoms with Crippen LogP contribution in [0.2, 0.25) is 0 Å². The SMILES string of the molecule is CCCC(CCNC(=O)c1cncc(C)c1)CCC(=O)O. The lowest BCUT2D eigenvalue weighted by atomic mass is 9.94. The summed E-state index contributed by atoms with van der Waals surface area (Å²) in [7, 11) is 0. The molecule has 1 unspecified atom stereocenters. The number of carbonyl (C=O) groups is 2. The minimum atomic E-state index is -0.758. The zero-order valence-electron chi connectivity index (χ0n) is 12.8. The fraction of sp³-hybridized carbons (Fsp3) is 0.562. The van der Waals surface area contributed by atoms with Crippen LogP contribution in [0.3, 0.4) is 0 Å². The summed E-state index contributed by atoms with van der Waals surface area (Å²) < 4.78 is 0. The third kappa shape index (κ3) is 6.88. The molecule has 0 saturated heterocycles. The van der Waals surface area contributed by atoms with Crippen LogP contribution in [0.15, 0.2) is 18.5 Å². The Labute approximate surface area is 125 Å². The van der Waals surface area contributed by atoms with Crippen LogP contribution >= 0.6 is 0 Å². The van der Waals surface area contributed by atoms with Gasteiger partial charge in [0.2, 0.25) is 0 Å². The maximum Gasteiger partial charge on any atom is 0.303 e. The van der Waals surface area contributed by atoms with Crippen molar-refractivity contribution in [1.82, 2.24) is 10.3 Å². The van der Waals surface area contributed by atoms with Crippen LogP contribution in [0.5, 0.6) is 0 Å². The van der Waals surface area contributed by atoms with Crippen LogP contribution in [0.1, 0.15) is 54.9 Å². The molecule has 1 amide bonds. The third-order valence-corrected chi connectivity index (χ3v) is 3.44. The molecule has 2 N–H and O–H groups in total. The van der Waals surface area contributed by atoms with Crippen molar-refractivity contribution in [2.45, 2.75) is 46.0 Å². The van der Waals surface area contributed by atoms with Gasteiger partial charge in [0.05, 0.1) is 5.56 Å². The van der Waals surface area contributed by atoms with Gasteiger partial charge in [0.1, 0.15) is 0 Å². The standard InChI is InChI=1S/C16H24N2O3/c1-3-4-13(5-6-15(19)20)7-8-18-16(21)14-9-12(2)10-17-11-14/h9-11,13H,3-8H2,1-2H3,(H,18,21)(H,19,20). The summed E-state index contributed by atoms with van der Waals surface area (Å²) in [4.78, 5) is 26.6. The zero-order valence-corrected chi connectivity index (χ0v) is 12.8. The zero-order chi connectivity index (χ0) is 15.7. The van der Waals surface area contributed by atoms with Crippen molar-refractivity contribution in [3.05, 3.63) is 29.6 Å². The van der Waals surface area contributed by atoms with Crippen molar-refractivity contribution in [1.29, 1.82) is 0 Å². The number of pyridine rings is 1. The first-order valence-corrected chi connectivity index (χ1v) is 7.44. The van der Waals surface area contributed by atoms with E-state index in [1.54, 1.807) is 18.5 Å². The third-order valence-electron chi connectivity index (χ3n) is 3.44. The van der Waals surface area contributed by atoms with Gasteiger partial charge in [0.25, 0.3) is 5.91 Å². The molecule has 5 nitrogen and oxygen atoms in total. The van der Waals surface area contributed by atoms with Crippen LogP contribution in [0.25, 0.3) is 0 Å². The minimum absolute atomic E-state index is 0.125. The molecule has 0 aliphatic carbocycles. The predicted molar refractivity (Wildman–Crippen MR) is 81.2 cm³/mol. The highest BCUT2D eigenvalue weighted by atomic mass is 16.4. The molecule has 1 heterocycles. The number of carboxylic acid groups (broad SMARTS) is 1. The Kier molecular flexibility index (Phi) is 7.43. The number of carboxylic acids is 1. The number of aryl methyl sites for hydroxylation is 1. The van der Waals surface area contributed by atoms with Crippen LogP contribution in [-0.2, 0) is 4.79 Å². The van der Waals surface area contributed by atoms with Crippen LogP contribution in [-0.4, -0.2) is 28.5 Å². The summed E-state index contributed by atoms with van der Waals surface area (Å²) in [5.41, 5.74) is 1.51. The molecule has 0 aromatic carbocycles. The molecule has 116 valence electrons. The molecule has 1 aromatic heterocycles. The lowest BCUT2D eigenvalue weighted by Gasteiger charge is -2.15. The van der Waals surface area contributed by atoms with Gasteiger partial charge >= 0.3 is 5.97 Å². The number of nitrogens with one attached hydrogen (secondary N) is 1. The summed E-state index contributed by atoms with van der Waals surface area (Å²) >= 11 is 0. The van der Waals surface area contributed by atoms with E-state index in [4.69, 9.17) is 5.11 Å². The van der Waals surface area contributed by atoms with Crippen molar-refractivity contribution in [3.63, 3.8) is 0 Å². The molecule has 0 aliphatic heterocycles. The molecule has 0 fully saturated rings. The Morgan fingerprint density at radius 3 is 2.67 bits per heavy atom. The number of aliphatic carboxylic acids is 1. The number of aromatic nitrogens is 1. The summed E-state index contributed by atoms with van der Waals surface area (Å²) in [5.74, 6) is -0.535. The minimum Gasteiger partial charge on any atom is -0.481 e. The summed E-state index contributed by atoms with van der Waals surface area (Å²) in [6.07, 6.45) is 6.96. The molecule has 1 aromatic rings. The molecule has 1 atom stereocenters. The topological polar surface area (TPSA) is 79.3 Å². The van der Waals surface area contributed by atoms with E-state index in [-0.39, 0.29) is 12.3 Å². The molecule has 0 saturated carbocycles. The van der Waals surface area contributed by atoms with Crippen molar-refractivity contribution >= 4 is 11.9 Å². The second-order valence-electron chi connectivity index (χ2n) is 5.38. The highest BCUT2D eigenvalue weighted by Crippen LogP contribution is 2.17. The largest absolute Gasteiger partial charge is 0.481 e. The second-order valence-corrected chi connectivity index (χ2v) is 5.38. The normalized spacial score (nSPS) is 11.9. The van der Waals surface area contributed by atoms with E-state index in [0.29, 0.717) is 24.4 Å². The number of hydrogen-bond donors (Lipinski definition) is 2. The number of amides is 1. The molecular weight excluding hydrogens is 268 g/mol. The first-order chi connectivity index (χ1) is 10.0. The van der Waals surface area contributed by atoms with Crippen molar-refractivity contribution in [3.8, 4) is 0 Å². The van der Waals surface area contributed by atoms with E-state index in [2.05, 4.69) is 17.2 Å². The summed E-state index contributed by atoms with van der Waals surface area (Å²) in [6, 6.07) is 1.80. The van der Waals surface area contributed by atoms with E-state index in [1.165, 1.54) is 0 Å². The van der Waals surface area contributed by atoms with Crippen LogP contribution in [0, 0.1) is 12.8 Å². The highest BCUT2D eigenvalue weighted by molar-refractivity contribution is 5.93. The van der Waals surface area contributed by atoms with E-state index >= 15 is 0 Å². The lowest BCUT2D eigenvalue weighted by Crippen LogP contribution is -2.26. The van der Waals surface area contributed by atoms with Gasteiger partial charge < -0.3 is 10.4 Å². The maximum absolute atomic E-state index is 12.0. The Morgan fingerprint density at radius 1 is 1.29 bits per heavy atom. The van der Waals surface area contributed by atoms with E-state index < -0.39 is 5.97 Å². The lowest BCUT2D eigenvalue weighted by molar-refractivity contribution is -0.137. The van der Waals surface area contributed by atoms with Gasteiger partial charge in [-0.15, -0.1) is 0 Å². The van der Waals surface area contributed by atoms with E-state index in [9.17, 15) is 9.59 Å². The highest BCUT2D eigenvalue weighted by Gasteiger charge is 2.11. The quantitative estimate of drug-likeness (QED) is 0.733. The van der Waals surface area contributed by atoms with Gasteiger partial charge in [-0.1, -0.05) is 19.8 Å². The van der Waals surface area contributed by atoms with Gasteiger partial charge in [0, 0.05) is 25.4 Å². The molecular formula is C16H24N2O3. The molecule has 0 spiro atoms. The van der Waals surface area contributed by atoms with Crippen molar-refractivity contribution < 1.29 is 14.7 Å². The Bertz CT molecular complexity index is 474. The van der Waals surface area contributed by atoms with Crippen molar-refractivity contribution in [2.24, 2.45) is 5.92 Å². The number of nitrogens with zero attached hydrogens (tertiary/aromatic N) is 1. The van der Waals surface area contributed by atoms with Gasteiger partial charge in [0.15, 0.2) is 0 Å². The molecule has 5 heteroatoms. The molecule has 21 heavy (non-hydrogen) atoms. The van der Waals surface area contributed by atoms with Crippen LogP contribution < -0.4 is 5.32 Å². The fourth-order valence-corrected chi connectivity index (χ4v) is 2.34. The maximum atomic E-state index is 12.0. The molecule has 0 bridgehead atoms. The van der Waals surface area contributed by atoms with Gasteiger partial charge in [-0.25, -0.2) is 0 Å². The Morgan fingerprint density at radius 2 is 2.05 bits per heavy atom. The number of rotatable bonds is 9. The first kappa shape index (κ1) is 17.1. The van der Waals surface area contributed by atoms with E-state index in [1.807, 2.05) is 6.92 Å². The Balaban J connectivity index is 2.38. The Hall–Kier alpha value is -1.91. The number of carbonyl (C=O) groups excluding carboxylic acids is 1. The monoisotopic (exact) mass is 292 g/mol. The number of hydrogen-bond acceptors (Lipinski definition) is 3.